The van der Waals surface area contributed by atoms with Crippen molar-refractivity contribution in [1.82, 2.24) is 14.9 Å². The standard InChI is InChI=1S/C20H19BrClN3O2S/c1-3-25-19(27)16-10-14(21)6-9-17(16)24-20(25)28-12(2)18(26)23-11-13-4-7-15(22)8-5-13/h4-10,12H,3,11H2,1-2H3,(H,23,26). The van der Waals surface area contributed by atoms with Gasteiger partial charge in [0.15, 0.2) is 5.16 Å². The number of halogens is 2. The van der Waals surface area contributed by atoms with Crippen molar-refractivity contribution in [2.45, 2.75) is 37.3 Å². The van der Waals surface area contributed by atoms with Gasteiger partial charge in [-0.25, -0.2) is 4.98 Å². The fourth-order valence-corrected chi connectivity index (χ4v) is 4.17. The summed E-state index contributed by atoms with van der Waals surface area (Å²) in [6, 6.07) is 12.7. The number of amides is 1. The minimum atomic E-state index is -0.398. The lowest BCUT2D eigenvalue weighted by molar-refractivity contribution is -0.120. The molecule has 0 radical (unpaired) electrons. The van der Waals surface area contributed by atoms with Crippen molar-refractivity contribution >= 4 is 56.1 Å². The molecule has 28 heavy (non-hydrogen) atoms. The minimum absolute atomic E-state index is 0.106. The van der Waals surface area contributed by atoms with Gasteiger partial charge in [-0.2, -0.15) is 0 Å². The van der Waals surface area contributed by atoms with Crippen LogP contribution in [0.15, 0.2) is 56.9 Å². The molecule has 8 heteroatoms. The lowest BCUT2D eigenvalue weighted by Crippen LogP contribution is -2.31. The quantitative estimate of drug-likeness (QED) is 0.413. The second-order valence-electron chi connectivity index (χ2n) is 6.21. The van der Waals surface area contributed by atoms with Gasteiger partial charge in [-0.15, -0.1) is 0 Å². The third-order valence-electron chi connectivity index (χ3n) is 4.23. The molecule has 0 fully saturated rings. The number of fused-ring (bicyclic) bond motifs is 1. The Morgan fingerprint density at radius 2 is 2.00 bits per heavy atom. The molecule has 1 amide bonds. The Bertz CT molecular complexity index is 1070. The van der Waals surface area contributed by atoms with Crippen molar-refractivity contribution in [3.63, 3.8) is 0 Å². The van der Waals surface area contributed by atoms with Gasteiger partial charge in [0, 0.05) is 22.6 Å². The smallest absolute Gasteiger partial charge is 0.262 e. The van der Waals surface area contributed by atoms with Crippen molar-refractivity contribution in [1.29, 1.82) is 0 Å². The number of carbonyl (C=O) groups excluding carboxylic acids is 1. The normalized spacial score (nSPS) is 12.1. The number of thioether (sulfide) groups is 1. The summed E-state index contributed by atoms with van der Waals surface area (Å²) >= 11 is 10.5. The van der Waals surface area contributed by atoms with E-state index in [1.165, 1.54) is 11.8 Å². The van der Waals surface area contributed by atoms with E-state index in [1.54, 1.807) is 35.8 Å². The Morgan fingerprint density at radius 1 is 1.29 bits per heavy atom. The van der Waals surface area contributed by atoms with Gasteiger partial charge in [-0.05, 0) is 49.7 Å². The van der Waals surface area contributed by atoms with Gasteiger partial charge in [0.25, 0.3) is 5.56 Å². The number of nitrogens with zero attached hydrogens (tertiary/aromatic N) is 2. The zero-order valence-electron chi connectivity index (χ0n) is 15.4. The summed E-state index contributed by atoms with van der Waals surface area (Å²) in [6.07, 6.45) is 0. The van der Waals surface area contributed by atoms with Crippen LogP contribution in [0, 0.1) is 0 Å². The number of nitrogens with one attached hydrogen (secondary N) is 1. The first kappa shape index (κ1) is 20.9. The molecule has 0 saturated heterocycles. The first-order valence-corrected chi connectivity index (χ1v) is 10.8. The van der Waals surface area contributed by atoms with Crippen LogP contribution in [0.1, 0.15) is 19.4 Å². The predicted octanol–water partition coefficient (Wildman–Crippen LogP) is 4.63. The molecule has 0 bridgehead atoms. The Balaban J connectivity index is 1.77. The van der Waals surface area contributed by atoms with Gasteiger partial charge in [-0.3, -0.25) is 14.2 Å². The fraction of sp³-hybridized carbons (Fsp3) is 0.250. The highest BCUT2D eigenvalue weighted by molar-refractivity contribution is 9.10. The lowest BCUT2D eigenvalue weighted by Gasteiger charge is -2.15. The van der Waals surface area contributed by atoms with Crippen molar-refractivity contribution in [2.75, 3.05) is 0 Å². The molecule has 0 spiro atoms. The highest BCUT2D eigenvalue weighted by Gasteiger charge is 2.19. The van der Waals surface area contributed by atoms with E-state index in [4.69, 9.17) is 11.6 Å². The summed E-state index contributed by atoms with van der Waals surface area (Å²) in [5.74, 6) is -0.118. The molecule has 1 atom stereocenters. The van der Waals surface area contributed by atoms with Crippen molar-refractivity contribution in [3.05, 3.63) is 67.9 Å². The number of hydrogen-bond donors (Lipinski definition) is 1. The van der Waals surface area contributed by atoms with Crippen LogP contribution in [-0.2, 0) is 17.9 Å². The number of carbonyl (C=O) groups is 1. The number of hydrogen-bond acceptors (Lipinski definition) is 4. The maximum absolute atomic E-state index is 12.8. The van der Waals surface area contributed by atoms with Crippen LogP contribution in [0.3, 0.4) is 0 Å². The van der Waals surface area contributed by atoms with Gasteiger partial charge in [0.05, 0.1) is 16.2 Å². The molecule has 0 aliphatic rings. The molecule has 1 heterocycles. The van der Waals surface area contributed by atoms with E-state index >= 15 is 0 Å². The maximum Gasteiger partial charge on any atom is 0.262 e. The monoisotopic (exact) mass is 479 g/mol. The summed E-state index contributed by atoms with van der Waals surface area (Å²) in [6.45, 7) is 4.60. The molecule has 3 rings (SSSR count). The summed E-state index contributed by atoms with van der Waals surface area (Å²) in [5, 5.41) is 4.27. The lowest BCUT2D eigenvalue weighted by atomic mass is 10.2. The number of benzene rings is 2. The van der Waals surface area contributed by atoms with Crippen LogP contribution in [0.25, 0.3) is 10.9 Å². The Hall–Kier alpha value is -1.83. The third-order valence-corrected chi connectivity index (χ3v) is 6.06. The first-order chi connectivity index (χ1) is 13.4. The van der Waals surface area contributed by atoms with Crippen LogP contribution in [-0.4, -0.2) is 20.7 Å². The SMILES string of the molecule is CCn1c(SC(C)C(=O)NCc2ccc(Cl)cc2)nc2ccc(Br)cc2c1=O. The second-order valence-corrected chi connectivity index (χ2v) is 8.87. The molecule has 1 N–H and O–H groups in total. The predicted molar refractivity (Wildman–Crippen MR) is 118 cm³/mol. The van der Waals surface area contributed by atoms with Crippen LogP contribution >= 0.6 is 39.3 Å². The van der Waals surface area contributed by atoms with Gasteiger partial charge >= 0.3 is 0 Å². The molecule has 5 nitrogen and oxygen atoms in total. The molecule has 1 aromatic heterocycles. The van der Waals surface area contributed by atoms with Crippen molar-refractivity contribution in [2.24, 2.45) is 0 Å². The topological polar surface area (TPSA) is 64.0 Å². The molecule has 3 aromatic rings. The molecule has 0 saturated carbocycles. The average molecular weight is 481 g/mol. The third kappa shape index (κ3) is 4.77. The van der Waals surface area contributed by atoms with E-state index in [0.717, 1.165) is 10.0 Å². The molecule has 146 valence electrons. The van der Waals surface area contributed by atoms with E-state index < -0.39 is 5.25 Å². The van der Waals surface area contributed by atoms with E-state index in [-0.39, 0.29) is 11.5 Å². The fourth-order valence-electron chi connectivity index (χ4n) is 2.69. The van der Waals surface area contributed by atoms with E-state index in [1.807, 2.05) is 25.1 Å². The number of rotatable bonds is 6. The Morgan fingerprint density at radius 3 is 2.68 bits per heavy atom. The molecule has 1 unspecified atom stereocenters. The van der Waals surface area contributed by atoms with E-state index in [0.29, 0.717) is 34.2 Å². The zero-order chi connectivity index (χ0) is 20.3. The summed E-state index contributed by atoms with van der Waals surface area (Å²) in [7, 11) is 0. The van der Waals surface area contributed by atoms with Gasteiger partial charge in [-0.1, -0.05) is 51.4 Å². The maximum atomic E-state index is 12.8. The molecule has 0 aliphatic carbocycles. The Kier molecular flexibility index (Phi) is 6.80. The largest absolute Gasteiger partial charge is 0.351 e. The zero-order valence-corrected chi connectivity index (χ0v) is 18.6. The number of aromatic nitrogens is 2. The molecule has 0 aliphatic heterocycles. The van der Waals surface area contributed by atoms with Gasteiger partial charge in [0.1, 0.15) is 0 Å². The molecular weight excluding hydrogens is 462 g/mol. The van der Waals surface area contributed by atoms with Crippen molar-refractivity contribution in [3.8, 4) is 0 Å². The highest BCUT2D eigenvalue weighted by atomic mass is 79.9. The average Bonchev–Trinajstić information content (AvgIpc) is 2.68. The summed E-state index contributed by atoms with van der Waals surface area (Å²) in [4.78, 5) is 29.9. The minimum Gasteiger partial charge on any atom is -0.351 e. The van der Waals surface area contributed by atoms with Gasteiger partial charge < -0.3 is 5.32 Å². The van der Waals surface area contributed by atoms with Gasteiger partial charge in [0.2, 0.25) is 5.91 Å². The Labute approximate surface area is 180 Å². The van der Waals surface area contributed by atoms with Crippen LogP contribution in [0.5, 0.6) is 0 Å². The van der Waals surface area contributed by atoms with Crippen LogP contribution < -0.4 is 10.9 Å². The molecule has 2 aromatic carbocycles. The second kappa shape index (κ2) is 9.11. The van der Waals surface area contributed by atoms with E-state index in [2.05, 4.69) is 26.2 Å². The van der Waals surface area contributed by atoms with Crippen LogP contribution in [0.2, 0.25) is 5.02 Å². The first-order valence-electron chi connectivity index (χ1n) is 8.78. The van der Waals surface area contributed by atoms with Crippen LogP contribution in [0.4, 0.5) is 0 Å². The van der Waals surface area contributed by atoms with E-state index in [9.17, 15) is 9.59 Å². The summed E-state index contributed by atoms with van der Waals surface area (Å²) < 4.78 is 2.43. The molecular formula is C20H19BrClN3O2S. The van der Waals surface area contributed by atoms with Crippen molar-refractivity contribution < 1.29 is 4.79 Å². The summed E-state index contributed by atoms with van der Waals surface area (Å²) in [5.41, 5.74) is 1.48. The highest BCUT2D eigenvalue weighted by Crippen LogP contribution is 2.24.